The highest BCUT2D eigenvalue weighted by atomic mass is 16.3. The van der Waals surface area contributed by atoms with Crippen LogP contribution in [0.15, 0.2) is 42.0 Å². The number of benzene rings is 1. The molecular formula is C21H25N2O2+. The molecule has 0 spiro atoms. The zero-order chi connectivity index (χ0) is 17.3. The lowest BCUT2D eigenvalue weighted by Crippen LogP contribution is -2.71. The minimum absolute atomic E-state index is 0.0238. The van der Waals surface area contributed by atoms with Crippen molar-refractivity contribution >= 4 is 17.0 Å². The SMILES string of the molecule is C/C=C1/CN2[C@H]3C=C4C(=[N+](C)c5ccccc54)[C@@H]2CC1C3(CO)CO. The average molecular weight is 337 g/mol. The first-order valence-electron chi connectivity index (χ1n) is 9.21. The highest BCUT2D eigenvalue weighted by Crippen LogP contribution is 2.56. The lowest BCUT2D eigenvalue weighted by molar-refractivity contribution is -0.404. The molecule has 4 bridgehead atoms. The van der Waals surface area contributed by atoms with Crippen LogP contribution in [0.3, 0.4) is 0 Å². The van der Waals surface area contributed by atoms with Crippen molar-refractivity contribution < 1.29 is 14.8 Å². The molecule has 0 aromatic heterocycles. The van der Waals surface area contributed by atoms with E-state index in [0.29, 0.717) is 6.04 Å². The molecule has 4 heteroatoms. The molecule has 1 aromatic rings. The van der Waals surface area contributed by atoms with Crippen molar-refractivity contribution in [3.05, 3.63) is 47.6 Å². The molecule has 0 aliphatic carbocycles. The Morgan fingerprint density at radius 1 is 1.28 bits per heavy atom. The molecule has 5 aliphatic heterocycles. The summed E-state index contributed by atoms with van der Waals surface area (Å²) in [5.41, 5.74) is 6.12. The van der Waals surface area contributed by atoms with E-state index in [9.17, 15) is 10.2 Å². The number of aliphatic hydroxyl groups excluding tert-OH is 2. The molecule has 130 valence electrons. The minimum Gasteiger partial charge on any atom is -0.396 e. The predicted octanol–water partition coefficient (Wildman–Crippen LogP) is 1.80. The van der Waals surface area contributed by atoms with Crippen molar-refractivity contribution in [3.63, 3.8) is 0 Å². The molecule has 1 aromatic carbocycles. The van der Waals surface area contributed by atoms with E-state index >= 15 is 0 Å². The van der Waals surface area contributed by atoms with Crippen LogP contribution < -0.4 is 0 Å². The number of hydrogen-bond acceptors (Lipinski definition) is 3. The summed E-state index contributed by atoms with van der Waals surface area (Å²) >= 11 is 0. The molecule has 2 N–H and O–H groups in total. The molecule has 4 atom stereocenters. The van der Waals surface area contributed by atoms with Crippen molar-refractivity contribution in [1.29, 1.82) is 0 Å². The summed E-state index contributed by atoms with van der Waals surface area (Å²) in [5.74, 6) is 0.245. The van der Waals surface area contributed by atoms with E-state index in [1.165, 1.54) is 28.1 Å². The Hall–Kier alpha value is -1.75. The quantitative estimate of drug-likeness (QED) is 0.639. The Morgan fingerprint density at radius 2 is 2.04 bits per heavy atom. The number of aliphatic hydroxyl groups is 2. The summed E-state index contributed by atoms with van der Waals surface area (Å²) in [6.45, 7) is 3.07. The smallest absolute Gasteiger partial charge is 0.213 e. The van der Waals surface area contributed by atoms with Crippen molar-refractivity contribution in [2.75, 3.05) is 26.8 Å². The molecule has 6 rings (SSSR count). The van der Waals surface area contributed by atoms with Gasteiger partial charge in [-0.05, 0) is 25.3 Å². The van der Waals surface area contributed by atoms with Crippen LogP contribution in [0.5, 0.6) is 0 Å². The maximum atomic E-state index is 10.3. The van der Waals surface area contributed by atoms with E-state index in [1.54, 1.807) is 0 Å². The van der Waals surface area contributed by atoms with Gasteiger partial charge in [0, 0.05) is 24.1 Å². The Bertz CT molecular complexity index is 847. The monoisotopic (exact) mass is 337 g/mol. The van der Waals surface area contributed by atoms with Gasteiger partial charge in [-0.3, -0.25) is 4.90 Å². The number of para-hydroxylation sites is 1. The highest BCUT2D eigenvalue weighted by molar-refractivity contribution is 6.28. The van der Waals surface area contributed by atoms with Crippen LogP contribution >= 0.6 is 0 Å². The van der Waals surface area contributed by atoms with E-state index in [4.69, 9.17) is 0 Å². The normalized spacial score (nSPS) is 35.7. The Labute approximate surface area is 148 Å². The van der Waals surface area contributed by atoms with Crippen LogP contribution in [0.25, 0.3) is 5.57 Å². The second kappa shape index (κ2) is 5.13. The van der Waals surface area contributed by atoms with E-state index in [0.717, 1.165) is 13.0 Å². The Morgan fingerprint density at radius 3 is 2.76 bits per heavy atom. The van der Waals surface area contributed by atoms with Crippen LogP contribution in [-0.4, -0.2) is 64.3 Å². The van der Waals surface area contributed by atoms with Gasteiger partial charge in [-0.1, -0.05) is 29.9 Å². The molecule has 4 nitrogen and oxygen atoms in total. The fourth-order valence-corrected chi connectivity index (χ4v) is 5.83. The summed E-state index contributed by atoms with van der Waals surface area (Å²) in [6, 6.07) is 9.01. The molecule has 5 heterocycles. The van der Waals surface area contributed by atoms with Crippen molar-refractivity contribution in [1.82, 2.24) is 4.90 Å². The van der Waals surface area contributed by atoms with Gasteiger partial charge in [-0.2, -0.15) is 4.58 Å². The molecule has 0 amide bonds. The molecular weight excluding hydrogens is 312 g/mol. The average Bonchev–Trinajstić information content (AvgIpc) is 2.95. The number of hydrogen-bond donors (Lipinski definition) is 2. The van der Waals surface area contributed by atoms with Crippen LogP contribution in [0.2, 0.25) is 0 Å². The first kappa shape index (κ1) is 15.5. The van der Waals surface area contributed by atoms with Gasteiger partial charge < -0.3 is 10.2 Å². The van der Waals surface area contributed by atoms with E-state index in [2.05, 4.69) is 59.9 Å². The van der Waals surface area contributed by atoms with Gasteiger partial charge in [0.15, 0.2) is 0 Å². The topological polar surface area (TPSA) is 46.7 Å². The molecule has 2 unspecified atom stereocenters. The maximum Gasteiger partial charge on any atom is 0.213 e. The zero-order valence-corrected chi connectivity index (χ0v) is 14.8. The molecule has 25 heavy (non-hydrogen) atoms. The second-order valence-electron chi connectivity index (χ2n) is 7.88. The fourth-order valence-electron chi connectivity index (χ4n) is 5.83. The van der Waals surface area contributed by atoms with E-state index in [1.807, 2.05) is 0 Å². The first-order chi connectivity index (χ1) is 12.2. The number of piperidine rings is 3. The van der Waals surface area contributed by atoms with Crippen LogP contribution in [-0.2, 0) is 0 Å². The Balaban J connectivity index is 1.75. The summed E-state index contributed by atoms with van der Waals surface area (Å²) in [4.78, 5) is 2.50. The van der Waals surface area contributed by atoms with Gasteiger partial charge in [0.1, 0.15) is 7.05 Å². The maximum absolute atomic E-state index is 10.3. The number of rotatable bonds is 2. The summed E-state index contributed by atoms with van der Waals surface area (Å²) in [6.07, 6.45) is 5.48. The molecule has 3 fully saturated rings. The predicted molar refractivity (Wildman–Crippen MR) is 98.0 cm³/mol. The molecule has 5 aliphatic rings. The van der Waals surface area contributed by atoms with E-state index in [-0.39, 0.29) is 25.2 Å². The summed E-state index contributed by atoms with van der Waals surface area (Å²) in [7, 11) is 2.17. The lowest BCUT2D eigenvalue weighted by Gasteiger charge is -2.61. The number of fused-ring (bicyclic) bond motifs is 4. The van der Waals surface area contributed by atoms with Gasteiger partial charge in [0.05, 0.1) is 30.4 Å². The minimum atomic E-state index is -0.481. The number of nitrogens with zero attached hydrogens (tertiary/aromatic N) is 2. The largest absolute Gasteiger partial charge is 0.396 e. The third-order valence-electron chi connectivity index (χ3n) is 7.10. The first-order valence-corrected chi connectivity index (χ1v) is 9.21. The molecule has 0 radical (unpaired) electrons. The van der Waals surface area contributed by atoms with Crippen molar-refractivity contribution in [3.8, 4) is 0 Å². The zero-order valence-electron chi connectivity index (χ0n) is 14.8. The highest BCUT2D eigenvalue weighted by Gasteiger charge is 2.62. The number of allylic oxidation sites excluding steroid dienone is 1. The van der Waals surface area contributed by atoms with Gasteiger partial charge in [-0.25, -0.2) is 0 Å². The standard InChI is InChI=1S/C21H25N2O2/c1-3-13-10-23-18-9-16(13)21(11-24,12-25)19(23)8-15-14-6-4-5-7-17(14)22(2)20(15)18/h3-8,16,18-19,24-25H,9-12H2,1-2H3/q+1/b13-3-/t16?,18-,19-/m0/s1. The third kappa shape index (κ3) is 1.70. The Kier molecular flexibility index (Phi) is 3.18. The second-order valence-corrected chi connectivity index (χ2v) is 7.88. The summed E-state index contributed by atoms with van der Waals surface area (Å²) in [5, 5.41) is 20.6. The van der Waals surface area contributed by atoms with E-state index < -0.39 is 5.41 Å². The van der Waals surface area contributed by atoms with Crippen LogP contribution in [0, 0.1) is 11.3 Å². The van der Waals surface area contributed by atoms with Gasteiger partial charge in [0.25, 0.3) is 0 Å². The van der Waals surface area contributed by atoms with Crippen LogP contribution in [0.4, 0.5) is 5.69 Å². The third-order valence-corrected chi connectivity index (χ3v) is 7.10. The molecule has 3 saturated heterocycles. The van der Waals surface area contributed by atoms with Crippen LogP contribution in [0.1, 0.15) is 18.9 Å². The van der Waals surface area contributed by atoms with Gasteiger partial charge >= 0.3 is 0 Å². The fraction of sp³-hybridized carbons (Fsp3) is 0.476. The van der Waals surface area contributed by atoms with Crippen molar-refractivity contribution in [2.45, 2.75) is 25.4 Å². The lowest BCUT2D eigenvalue weighted by atomic mass is 9.56. The van der Waals surface area contributed by atoms with Gasteiger partial charge in [-0.15, -0.1) is 0 Å². The molecule has 0 saturated carbocycles. The van der Waals surface area contributed by atoms with Gasteiger partial charge in [0.2, 0.25) is 11.4 Å². The van der Waals surface area contributed by atoms with Crippen molar-refractivity contribution in [2.24, 2.45) is 11.3 Å². The summed E-state index contributed by atoms with van der Waals surface area (Å²) < 4.78 is 2.34.